The largest absolute Gasteiger partial charge is 0.493 e. The zero-order valence-electron chi connectivity index (χ0n) is 10.1. The van der Waals surface area contributed by atoms with Gasteiger partial charge < -0.3 is 10.1 Å². The van der Waals surface area contributed by atoms with Gasteiger partial charge in [0.15, 0.2) is 0 Å². The smallest absolute Gasteiger partial charge is 0.122 e. The highest BCUT2D eigenvalue weighted by Crippen LogP contribution is 2.17. The minimum atomic E-state index is -0.511. The van der Waals surface area contributed by atoms with Crippen molar-refractivity contribution >= 4 is 0 Å². The van der Waals surface area contributed by atoms with Crippen LogP contribution in [0.4, 0.5) is 0 Å². The van der Waals surface area contributed by atoms with Gasteiger partial charge in [-0.05, 0) is 32.5 Å². The minimum absolute atomic E-state index is 0.511. The summed E-state index contributed by atoms with van der Waals surface area (Å²) in [6, 6.07) is 10.1. The van der Waals surface area contributed by atoms with Gasteiger partial charge in [0, 0.05) is 6.42 Å². The molecule has 1 aromatic rings. The molecule has 0 heterocycles. The van der Waals surface area contributed by atoms with E-state index < -0.39 is 5.54 Å². The predicted molar refractivity (Wildman–Crippen MR) is 64.4 cm³/mol. The van der Waals surface area contributed by atoms with E-state index in [2.05, 4.69) is 11.4 Å². The fourth-order valence-corrected chi connectivity index (χ4v) is 1.32. The molecule has 0 radical (unpaired) electrons. The number of nitriles is 1. The summed E-state index contributed by atoms with van der Waals surface area (Å²) in [7, 11) is 1.79. The number of nitrogens with zero attached hydrogens (tertiary/aromatic N) is 1. The van der Waals surface area contributed by atoms with E-state index in [9.17, 15) is 0 Å². The summed E-state index contributed by atoms with van der Waals surface area (Å²) in [4.78, 5) is 0. The maximum Gasteiger partial charge on any atom is 0.122 e. The Kier molecular flexibility index (Phi) is 4.33. The van der Waals surface area contributed by atoms with Crippen molar-refractivity contribution in [1.29, 1.82) is 5.26 Å². The van der Waals surface area contributed by atoms with E-state index >= 15 is 0 Å². The fraction of sp³-hybridized carbons (Fsp3) is 0.462. The van der Waals surface area contributed by atoms with Gasteiger partial charge in [0.25, 0.3) is 0 Å². The van der Waals surface area contributed by atoms with E-state index in [1.54, 1.807) is 7.05 Å². The molecular weight excluding hydrogens is 200 g/mol. The molecule has 0 fully saturated rings. The van der Waals surface area contributed by atoms with Crippen LogP contribution < -0.4 is 10.1 Å². The fourth-order valence-electron chi connectivity index (χ4n) is 1.32. The summed E-state index contributed by atoms with van der Waals surface area (Å²) in [5.41, 5.74) is 0.605. The molecule has 1 aromatic carbocycles. The number of ether oxygens (including phenoxy) is 1. The first-order valence-corrected chi connectivity index (χ1v) is 5.40. The lowest BCUT2D eigenvalue weighted by Gasteiger charge is -2.20. The Morgan fingerprint density at radius 2 is 2.12 bits per heavy atom. The lowest BCUT2D eigenvalue weighted by Crippen LogP contribution is -2.39. The second-order valence-electron chi connectivity index (χ2n) is 4.06. The van der Waals surface area contributed by atoms with Crippen LogP contribution in [0, 0.1) is 18.3 Å². The molecule has 1 N–H and O–H groups in total. The topological polar surface area (TPSA) is 45.0 Å². The normalized spacial score (nSPS) is 13.9. The molecule has 0 spiro atoms. The number of rotatable bonds is 5. The van der Waals surface area contributed by atoms with Crippen LogP contribution in [0.3, 0.4) is 0 Å². The van der Waals surface area contributed by atoms with Crippen molar-refractivity contribution in [2.75, 3.05) is 13.7 Å². The number of benzene rings is 1. The summed E-state index contributed by atoms with van der Waals surface area (Å²) in [5.74, 6) is 0.888. The van der Waals surface area contributed by atoms with Gasteiger partial charge in [-0.2, -0.15) is 5.26 Å². The lowest BCUT2D eigenvalue weighted by molar-refractivity contribution is 0.271. The van der Waals surface area contributed by atoms with Gasteiger partial charge >= 0.3 is 0 Å². The highest BCUT2D eigenvalue weighted by Gasteiger charge is 2.20. The molecule has 3 heteroatoms. The van der Waals surface area contributed by atoms with Crippen LogP contribution in [0.15, 0.2) is 24.3 Å². The van der Waals surface area contributed by atoms with Gasteiger partial charge in [-0.3, -0.25) is 0 Å². The van der Waals surface area contributed by atoms with Crippen molar-refractivity contribution in [3.8, 4) is 11.8 Å². The van der Waals surface area contributed by atoms with E-state index in [4.69, 9.17) is 10.00 Å². The standard InChI is InChI=1S/C13H18N2O/c1-11-6-4-5-7-12(11)16-9-8-13(2,10-14)15-3/h4-7,15H,8-9H2,1-3H3. The van der Waals surface area contributed by atoms with Crippen molar-refractivity contribution in [2.45, 2.75) is 25.8 Å². The third kappa shape index (κ3) is 3.25. The Balaban J connectivity index is 2.48. The maximum atomic E-state index is 8.97. The number of hydrogen-bond donors (Lipinski definition) is 1. The predicted octanol–water partition coefficient (Wildman–Crippen LogP) is 2.27. The molecule has 1 rings (SSSR count). The van der Waals surface area contributed by atoms with Crippen molar-refractivity contribution in [3.05, 3.63) is 29.8 Å². The van der Waals surface area contributed by atoms with Crippen LogP contribution in [-0.2, 0) is 0 Å². The summed E-state index contributed by atoms with van der Waals surface area (Å²) < 4.78 is 5.65. The van der Waals surface area contributed by atoms with Crippen LogP contribution >= 0.6 is 0 Å². The molecule has 0 saturated carbocycles. The Morgan fingerprint density at radius 3 is 2.69 bits per heavy atom. The van der Waals surface area contributed by atoms with Gasteiger partial charge in [-0.1, -0.05) is 18.2 Å². The van der Waals surface area contributed by atoms with Gasteiger partial charge in [-0.15, -0.1) is 0 Å². The first-order valence-electron chi connectivity index (χ1n) is 5.40. The molecule has 0 aliphatic carbocycles. The monoisotopic (exact) mass is 218 g/mol. The minimum Gasteiger partial charge on any atom is -0.493 e. The molecule has 0 bridgehead atoms. The molecular formula is C13H18N2O. The number of para-hydroxylation sites is 1. The van der Waals surface area contributed by atoms with Gasteiger partial charge in [-0.25, -0.2) is 0 Å². The molecule has 0 aliphatic rings. The Morgan fingerprint density at radius 1 is 1.44 bits per heavy atom. The van der Waals surface area contributed by atoms with Crippen LogP contribution in [0.2, 0.25) is 0 Å². The molecule has 86 valence electrons. The van der Waals surface area contributed by atoms with Gasteiger partial charge in [0.2, 0.25) is 0 Å². The third-order valence-corrected chi connectivity index (χ3v) is 2.75. The Labute approximate surface area is 97.0 Å². The molecule has 16 heavy (non-hydrogen) atoms. The van der Waals surface area contributed by atoms with Crippen molar-refractivity contribution < 1.29 is 4.74 Å². The summed E-state index contributed by atoms with van der Waals surface area (Å²) >= 11 is 0. The number of hydrogen-bond acceptors (Lipinski definition) is 3. The average Bonchev–Trinajstić information content (AvgIpc) is 2.31. The average molecular weight is 218 g/mol. The quantitative estimate of drug-likeness (QED) is 0.824. The molecule has 0 aromatic heterocycles. The first-order chi connectivity index (χ1) is 7.61. The first kappa shape index (κ1) is 12.5. The van der Waals surface area contributed by atoms with Gasteiger partial charge in [0.1, 0.15) is 11.3 Å². The third-order valence-electron chi connectivity index (χ3n) is 2.75. The molecule has 0 amide bonds. The summed E-state index contributed by atoms with van der Waals surface area (Å²) in [6.07, 6.45) is 0.661. The molecule has 1 unspecified atom stereocenters. The number of aryl methyl sites for hydroxylation is 1. The van der Waals surface area contributed by atoms with E-state index in [0.29, 0.717) is 13.0 Å². The molecule has 1 atom stereocenters. The van der Waals surface area contributed by atoms with Crippen molar-refractivity contribution in [3.63, 3.8) is 0 Å². The molecule has 3 nitrogen and oxygen atoms in total. The van der Waals surface area contributed by atoms with Gasteiger partial charge in [0.05, 0.1) is 12.7 Å². The summed E-state index contributed by atoms with van der Waals surface area (Å²) in [6.45, 7) is 4.42. The zero-order valence-corrected chi connectivity index (χ0v) is 10.1. The van der Waals surface area contributed by atoms with Crippen LogP contribution in [0.25, 0.3) is 0 Å². The SMILES string of the molecule is CNC(C)(C#N)CCOc1ccccc1C. The maximum absolute atomic E-state index is 8.97. The highest BCUT2D eigenvalue weighted by atomic mass is 16.5. The Bertz CT molecular complexity index is 384. The van der Waals surface area contributed by atoms with Crippen LogP contribution in [-0.4, -0.2) is 19.2 Å². The Hall–Kier alpha value is -1.53. The molecule has 0 aliphatic heterocycles. The van der Waals surface area contributed by atoms with Crippen LogP contribution in [0.1, 0.15) is 18.9 Å². The van der Waals surface area contributed by atoms with E-state index in [1.165, 1.54) is 0 Å². The lowest BCUT2D eigenvalue weighted by atomic mass is 10.0. The highest BCUT2D eigenvalue weighted by molar-refractivity contribution is 5.31. The zero-order chi connectivity index (χ0) is 12.0. The van der Waals surface area contributed by atoms with E-state index in [1.807, 2.05) is 38.1 Å². The summed E-state index contributed by atoms with van der Waals surface area (Å²) in [5, 5.41) is 12.0. The number of nitrogens with one attached hydrogen (secondary N) is 1. The van der Waals surface area contributed by atoms with Crippen LogP contribution in [0.5, 0.6) is 5.75 Å². The van der Waals surface area contributed by atoms with Crippen molar-refractivity contribution in [1.82, 2.24) is 5.32 Å². The van der Waals surface area contributed by atoms with E-state index in [-0.39, 0.29) is 0 Å². The second-order valence-corrected chi connectivity index (χ2v) is 4.06. The van der Waals surface area contributed by atoms with Crippen molar-refractivity contribution in [2.24, 2.45) is 0 Å². The van der Waals surface area contributed by atoms with E-state index in [0.717, 1.165) is 11.3 Å². The second kappa shape index (κ2) is 5.53. The molecule has 0 saturated heterocycles.